The molecule has 8 heteroatoms. The van der Waals surface area contributed by atoms with Gasteiger partial charge in [0.05, 0.1) is 25.4 Å². The van der Waals surface area contributed by atoms with Gasteiger partial charge >= 0.3 is 11.9 Å². The molecule has 3 aromatic carbocycles. The molecule has 3 rings (SSSR count). The summed E-state index contributed by atoms with van der Waals surface area (Å²) in [5, 5.41) is 0. The van der Waals surface area contributed by atoms with E-state index in [0.717, 1.165) is 42.7 Å². The standard InChI is InChI=1S/C33H40N2O6/c1-2-3-4-6-19-39-30-14-16-31(17-15-30)41-32(36)18-11-25-9-12-29(13-10-25)38-20-7-5-8-21-40-33(37)26-22-27(34)24-28(35)23-26/h9-18,22-24H,2-8,19-21,34-35H2,1H3/b18-11+. The van der Waals surface area contributed by atoms with E-state index in [2.05, 4.69) is 6.92 Å². The van der Waals surface area contributed by atoms with E-state index in [-0.39, 0.29) is 0 Å². The van der Waals surface area contributed by atoms with Crippen LogP contribution in [-0.4, -0.2) is 31.8 Å². The Kier molecular flexibility index (Phi) is 13.1. The number of nitrogen functional groups attached to an aromatic ring is 2. The molecular weight excluding hydrogens is 520 g/mol. The predicted octanol–water partition coefficient (Wildman–Crippen LogP) is 6.84. The van der Waals surface area contributed by atoms with E-state index in [1.165, 1.54) is 25.3 Å². The fourth-order valence-corrected chi connectivity index (χ4v) is 3.93. The van der Waals surface area contributed by atoms with Crippen LogP contribution in [0.1, 0.15) is 67.8 Å². The third-order valence-electron chi connectivity index (χ3n) is 6.10. The molecule has 0 aliphatic carbocycles. The number of benzene rings is 3. The van der Waals surface area contributed by atoms with E-state index in [4.69, 9.17) is 30.4 Å². The van der Waals surface area contributed by atoms with Gasteiger partial charge in [-0.1, -0.05) is 38.3 Å². The minimum absolute atomic E-state index is 0.315. The van der Waals surface area contributed by atoms with Crippen LogP contribution in [0.4, 0.5) is 11.4 Å². The number of hydrogen-bond donors (Lipinski definition) is 2. The molecule has 41 heavy (non-hydrogen) atoms. The fraction of sp³-hybridized carbons (Fsp3) is 0.333. The summed E-state index contributed by atoms with van der Waals surface area (Å²) < 4.78 is 22.1. The van der Waals surface area contributed by atoms with Gasteiger partial charge in [-0.25, -0.2) is 9.59 Å². The first kappa shape index (κ1) is 31.1. The Hall–Kier alpha value is -4.46. The zero-order valence-corrected chi connectivity index (χ0v) is 23.7. The molecule has 0 spiro atoms. The first-order valence-corrected chi connectivity index (χ1v) is 14.1. The molecule has 0 bridgehead atoms. The normalized spacial score (nSPS) is 10.9. The number of carbonyl (C=O) groups is 2. The van der Waals surface area contributed by atoms with Gasteiger partial charge in [0.1, 0.15) is 17.2 Å². The summed E-state index contributed by atoms with van der Waals surface area (Å²) in [6, 6.07) is 19.2. The molecule has 0 saturated carbocycles. The third kappa shape index (κ3) is 12.1. The molecule has 3 aromatic rings. The molecular formula is C33H40N2O6. The summed E-state index contributed by atoms with van der Waals surface area (Å²) in [4.78, 5) is 24.3. The molecule has 0 heterocycles. The van der Waals surface area contributed by atoms with Crippen molar-refractivity contribution in [3.05, 3.63) is 83.9 Å². The Morgan fingerprint density at radius 2 is 1.22 bits per heavy atom. The molecule has 0 unspecified atom stereocenters. The zero-order valence-electron chi connectivity index (χ0n) is 23.7. The average molecular weight is 561 g/mol. The summed E-state index contributed by atoms with van der Waals surface area (Å²) in [5.41, 5.74) is 13.5. The Bertz CT molecular complexity index is 1240. The lowest BCUT2D eigenvalue weighted by Gasteiger charge is -2.08. The highest BCUT2D eigenvalue weighted by Gasteiger charge is 2.08. The Balaban J connectivity index is 1.28. The summed E-state index contributed by atoms with van der Waals surface area (Å²) in [7, 11) is 0. The number of nitrogens with two attached hydrogens (primary N) is 2. The van der Waals surface area contributed by atoms with Crippen LogP contribution < -0.4 is 25.7 Å². The summed E-state index contributed by atoms with van der Waals surface area (Å²) >= 11 is 0. The van der Waals surface area contributed by atoms with Crippen molar-refractivity contribution in [2.24, 2.45) is 0 Å². The van der Waals surface area contributed by atoms with Crippen molar-refractivity contribution in [2.45, 2.75) is 51.9 Å². The lowest BCUT2D eigenvalue weighted by molar-refractivity contribution is -0.128. The predicted molar refractivity (Wildman–Crippen MR) is 162 cm³/mol. The van der Waals surface area contributed by atoms with Crippen LogP contribution in [0, 0.1) is 0 Å². The second kappa shape index (κ2) is 17.3. The smallest absolute Gasteiger partial charge is 0.338 e. The van der Waals surface area contributed by atoms with Crippen LogP contribution >= 0.6 is 0 Å². The molecule has 8 nitrogen and oxygen atoms in total. The summed E-state index contributed by atoms with van der Waals surface area (Å²) in [5.74, 6) is 1.08. The van der Waals surface area contributed by atoms with Gasteiger partial charge in [0.2, 0.25) is 0 Å². The van der Waals surface area contributed by atoms with Crippen LogP contribution in [0.3, 0.4) is 0 Å². The van der Waals surface area contributed by atoms with Crippen LogP contribution in [0.5, 0.6) is 17.2 Å². The molecule has 0 amide bonds. The number of rotatable bonds is 17. The minimum Gasteiger partial charge on any atom is -0.494 e. The van der Waals surface area contributed by atoms with Crippen LogP contribution in [0.15, 0.2) is 72.8 Å². The van der Waals surface area contributed by atoms with Gasteiger partial charge in [-0.05, 0) is 91.9 Å². The topological polar surface area (TPSA) is 123 Å². The number of esters is 2. The number of ether oxygens (including phenoxy) is 4. The Labute approximate surface area is 242 Å². The van der Waals surface area contributed by atoms with E-state index in [0.29, 0.717) is 42.5 Å². The van der Waals surface area contributed by atoms with Crippen molar-refractivity contribution in [1.29, 1.82) is 0 Å². The summed E-state index contributed by atoms with van der Waals surface area (Å²) in [6.45, 7) is 3.73. The highest BCUT2D eigenvalue weighted by atomic mass is 16.5. The number of carbonyl (C=O) groups excluding carboxylic acids is 2. The van der Waals surface area contributed by atoms with Gasteiger partial charge < -0.3 is 30.4 Å². The van der Waals surface area contributed by atoms with E-state index in [9.17, 15) is 9.59 Å². The molecule has 0 atom stereocenters. The van der Waals surface area contributed by atoms with Crippen molar-refractivity contribution >= 4 is 29.4 Å². The van der Waals surface area contributed by atoms with Crippen LogP contribution in [0.2, 0.25) is 0 Å². The van der Waals surface area contributed by atoms with Gasteiger partial charge in [-0.3, -0.25) is 0 Å². The number of hydrogen-bond acceptors (Lipinski definition) is 8. The van der Waals surface area contributed by atoms with Gasteiger partial charge in [0.25, 0.3) is 0 Å². The molecule has 0 saturated heterocycles. The SMILES string of the molecule is CCCCCCOc1ccc(OC(=O)/C=C/c2ccc(OCCCCCOC(=O)c3cc(N)cc(N)c3)cc2)cc1. The lowest BCUT2D eigenvalue weighted by atomic mass is 10.2. The second-order valence-electron chi connectivity index (χ2n) is 9.64. The van der Waals surface area contributed by atoms with Crippen molar-refractivity contribution in [3.8, 4) is 17.2 Å². The average Bonchev–Trinajstić information content (AvgIpc) is 2.96. The molecule has 0 fully saturated rings. The maximum absolute atomic E-state index is 12.2. The van der Waals surface area contributed by atoms with Crippen molar-refractivity contribution in [1.82, 2.24) is 0 Å². The van der Waals surface area contributed by atoms with Gasteiger partial charge in [0.15, 0.2) is 0 Å². The third-order valence-corrected chi connectivity index (χ3v) is 6.10. The van der Waals surface area contributed by atoms with Crippen molar-refractivity contribution in [2.75, 3.05) is 31.3 Å². The van der Waals surface area contributed by atoms with Crippen LogP contribution in [0.25, 0.3) is 6.08 Å². The monoisotopic (exact) mass is 560 g/mol. The van der Waals surface area contributed by atoms with E-state index in [1.807, 2.05) is 24.3 Å². The van der Waals surface area contributed by atoms with Gasteiger partial charge in [-0.2, -0.15) is 0 Å². The summed E-state index contributed by atoms with van der Waals surface area (Å²) in [6.07, 6.45) is 10.1. The van der Waals surface area contributed by atoms with Gasteiger partial charge in [0, 0.05) is 17.5 Å². The molecule has 218 valence electrons. The first-order chi connectivity index (χ1) is 19.9. The van der Waals surface area contributed by atoms with E-state index >= 15 is 0 Å². The van der Waals surface area contributed by atoms with Crippen molar-refractivity contribution in [3.63, 3.8) is 0 Å². The quantitative estimate of drug-likeness (QED) is 0.0605. The largest absolute Gasteiger partial charge is 0.494 e. The molecule has 0 aromatic heterocycles. The second-order valence-corrected chi connectivity index (χ2v) is 9.64. The maximum Gasteiger partial charge on any atom is 0.338 e. The zero-order chi connectivity index (χ0) is 29.3. The Morgan fingerprint density at radius 1 is 0.683 bits per heavy atom. The molecule has 0 aliphatic heterocycles. The maximum atomic E-state index is 12.2. The lowest BCUT2D eigenvalue weighted by Crippen LogP contribution is -2.08. The highest BCUT2D eigenvalue weighted by Crippen LogP contribution is 2.19. The Morgan fingerprint density at radius 3 is 1.83 bits per heavy atom. The minimum atomic E-state index is -0.457. The molecule has 4 N–H and O–H groups in total. The number of unbranched alkanes of at least 4 members (excludes halogenated alkanes) is 5. The van der Waals surface area contributed by atoms with E-state index in [1.54, 1.807) is 48.5 Å². The number of anilines is 2. The molecule has 0 radical (unpaired) electrons. The first-order valence-electron chi connectivity index (χ1n) is 14.1. The highest BCUT2D eigenvalue weighted by molar-refractivity contribution is 5.91. The molecule has 0 aliphatic rings. The van der Waals surface area contributed by atoms with Crippen molar-refractivity contribution < 1.29 is 28.5 Å². The van der Waals surface area contributed by atoms with Crippen LogP contribution in [-0.2, 0) is 9.53 Å². The van der Waals surface area contributed by atoms with E-state index < -0.39 is 11.9 Å². The van der Waals surface area contributed by atoms with Gasteiger partial charge in [-0.15, -0.1) is 0 Å². The fourth-order valence-electron chi connectivity index (χ4n) is 3.93.